The molecular formula is C17H10O5. The summed E-state index contributed by atoms with van der Waals surface area (Å²) in [5, 5.41) is 19.9. The predicted molar refractivity (Wildman–Crippen MR) is 77.6 cm³/mol. The van der Waals surface area contributed by atoms with Crippen molar-refractivity contribution < 1.29 is 24.2 Å². The molecule has 0 atom stereocenters. The van der Waals surface area contributed by atoms with Crippen molar-refractivity contribution in [3.63, 3.8) is 0 Å². The molecule has 5 nitrogen and oxygen atoms in total. The summed E-state index contributed by atoms with van der Waals surface area (Å²) in [6.07, 6.45) is 0. The van der Waals surface area contributed by atoms with Gasteiger partial charge in [-0.05, 0) is 13.0 Å². The largest absolute Gasteiger partial charge is 0.504 e. The van der Waals surface area contributed by atoms with Crippen LogP contribution in [0.15, 0.2) is 34.7 Å². The van der Waals surface area contributed by atoms with Crippen molar-refractivity contribution in [2.75, 3.05) is 0 Å². The Morgan fingerprint density at radius 2 is 1.64 bits per heavy atom. The molecule has 0 spiro atoms. The van der Waals surface area contributed by atoms with Crippen LogP contribution in [0.25, 0.3) is 11.0 Å². The first-order valence-corrected chi connectivity index (χ1v) is 6.67. The summed E-state index contributed by atoms with van der Waals surface area (Å²) < 4.78 is 5.56. The molecule has 1 heterocycles. The molecule has 1 aliphatic rings. The van der Waals surface area contributed by atoms with Crippen LogP contribution in [0.5, 0.6) is 11.5 Å². The normalized spacial score (nSPS) is 13.3. The fourth-order valence-electron chi connectivity index (χ4n) is 2.89. The van der Waals surface area contributed by atoms with Crippen LogP contribution in [-0.4, -0.2) is 21.8 Å². The van der Waals surface area contributed by atoms with Crippen molar-refractivity contribution in [3.05, 3.63) is 58.3 Å². The second-order valence-electron chi connectivity index (χ2n) is 5.26. The number of aryl methyl sites for hydroxylation is 1. The Kier molecular flexibility index (Phi) is 2.29. The number of benzene rings is 2. The highest BCUT2D eigenvalue weighted by Gasteiger charge is 2.35. The lowest BCUT2D eigenvalue weighted by molar-refractivity contribution is 0.0962. The Hall–Kier alpha value is -3.08. The van der Waals surface area contributed by atoms with Gasteiger partial charge in [-0.1, -0.05) is 24.3 Å². The number of rotatable bonds is 0. The van der Waals surface area contributed by atoms with E-state index in [-0.39, 0.29) is 45.5 Å². The van der Waals surface area contributed by atoms with Crippen molar-refractivity contribution in [3.8, 4) is 11.5 Å². The maximum atomic E-state index is 12.7. The van der Waals surface area contributed by atoms with Crippen LogP contribution in [-0.2, 0) is 0 Å². The molecule has 108 valence electrons. The van der Waals surface area contributed by atoms with E-state index in [2.05, 4.69) is 0 Å². The standard InChI is InChI=1S/C17H10O5/c1-7-13(19)11(18)6-10-12-14(20)8-4-2-3-5-9(8)15(21)17(12)22-16(7)10/h2-6,18-19H,1H3. The Labute approximate surface area is 124 Å². The summed E-state index contributed by atoms with van der Waals surface area (Å²) in [6.45, 7) is 1.55. The average Bonchev–Trinajstić information content (AvgIpc) is 2.90. The van der Waals surface area contributed by atoms with Gasteiger partial charge in [-0.15, -0.1) is 0 Å². The Bertz CT molecular complexity index is 994. The van der Waals surface area contributed by atoms with Gasteiger partial charge in [0, 0.05) is 22.1 Å². The van der Waals surface area contributed by atoms with Crippen molar-refractivity contribution in [2.24, 2.45) is 0 Å². The molecule has 1 aromatic heterocycles. The predicted octanol–water partition coefficient (Wildman–Crippen LogP) is 2.93. The molecule has 1 aliphatic carbocycles. The molecule has 2 N–H and O–H groups in total. The molecule has 3 aromatic rings. The van der Waals surface area contributed by atoms with E-state index in [0.29, 0.717) is 16.5 Å². The van der Waals surface area contributed by atoms with Crippen LogP contribution >= 0.6 is 0 Å². The maximum Gasteiger partial charge on any atom is 0.229 e. The van der Waals surface area contributed by atoms with Crippen molar-refractivity contribution in [2.45, 2.75) is 6.92 Å². The van der Waals surface area contributed by atoms with Gasteiger partial charge in [0.25, 0.3) is 0 Å². The molecule has 5 heteroatoms. The van der Waals surface area contributed by atoms with Gasteiger partial charge in [-0.3, -0.25) is 9.59 Å². The number of phenols is 2. The second kappa shape index (κ2) is 3.98. The van der Waals surface area contributed by atoms with Gasteiger partial charge < -0.3 is 14.6 Å². The van der Waals surface area contributed by atoms with E-state index in [1.807, 2.05) is 0 Å². The van der Waals surface area contributed by atoms with Gasteiger partial charge in [-0.25, -0.2) is 0 Å². The summed E-state index contributed by atoms with van der Waals surface area (Å²) in [4.78, 5) is 25.2. The first-order valence-electron chi connectivity index (χ1n) is 6.67. The molecule has 22 heavy (non-hydrogen) atoms. The number of carbonyl (C=O) groups excluding carboxylic acids is 2. The summed E-state index contributed by atoms with van der Waals surface area (Å²) in [7, 11) is 0. The lowest BCUT2D eigenvalue weighted by atomic mass is 9.87. The topological polar surface area (TPSA) is 87.7 Å². The molecule has 0 fully saturated rings. The molecule has 0 saturated carbocycles. The van der Waals surface area contributed by atoms with E-state index in [0.717, 1.165) is 0 Å². The van der Waals surface area contributed by atoms with E-state index in [1.165, 1.54) is 6.07 Å². The number of aromatic hydroxyl groups is 2. The third-order valence-corrected chi connectivity index (χ3v) is 4.01. The quantitative estimate of drug-likeness (QED) is 0.487. The highest BCUT2D eigenvalue weighted by molar-refractivity contribution is 6.31. The fourth-order valence-corrected chi connectivity index (χ4v) is 2.89. The van der Waals surface area contributed by atoms with E-state index in [9.17, 15) is 19.8 Å². The van der Waals surface area contributed by atoms with Gasteiger partial charge in [0.1, 0.15) is 5.58 Å². The van der Waals surface area contributed by atoms with Crippen LogP contribution in [0.1, 0.15) is 37.6 Å². The number of furan rings is 1. The first kappa shape index (κ1) is 12.6. The molecular weight excluding hydrogens is 284 g/mol. The van der Waals surface area contributed by atoms with E-state index in [1.54, 1.807) is 31.2 Å². The van der Waals surface area contributed by atoms with Crippen LogP contribution in [0.3, 0.4) is 0 Å². The van der Waals surface area contributed by atoms with Crippen LogP contribution in [0.2, 0.25) is 0 Å². The van der Waals surface area contributed by atoms with Gasteiger partial charge >= 0.3 is 0 Å². The number of fused-ring (bicyclic) bond motifs is 4. The minimum absolute atomic E-state index is 0.0493. The van der Waals surface area contributed by atoms with Crippen LogP contribution < -0.4 is 0 Å². The molecule has 0 radical (unpaired) electrons. The molecule has 0 amide bonds. The van der Waals surface area contributed by atoms with Crippen molar-refractivity contribution >= 4 is 22.5 Å². The molecule has 0 saturated heterocycles. The minimum Gasteiger partial charge on any atom is -0.504 e. The molecule has 0 bridgehead atoms. The zero-order valence-electron chi connectivity index (χ0n) is 11.5. The summed E-state index contributed by atoms with van der Waals surface area (Å²) in [6, 6.07) is 7.78. The molecule has 0 unspecified atom stereocenters. The lowest BCUT2D eigenvalue weighted by Gasteiger charge is -2.12. The minimum atomic E-state index is -0.375. The third kappa shape index (κ3) is 1.37. The molecule has 0 aliphatic heterocycles. The van der Waals surface area contributed by atoms with Gasteiger partial charge in [0.15, 0.2) is 23.0 Å². The molecule has 4 rings (SSSR count). The monoisotopic (exact) mass is 294 g/mol. The highest BCUT2D eigenvalue weighted by Crippen LogP contribution is 2.41. The van der Waals surface area contributed by atoms with Gasteiger partial charge in [0.05, 0.1) is 5.56 Å². The number of ketones is 2. The summed E-state index contributed by atoms with van der Waals surface area (Å²) in [5.74, 6) is -1.43. The van der Waals surface area contributed by atoms with Crippen LogP contribution in [0, 0.1) is 6.92 Å². The Morgan fingerprint density at radius 1 is 1.00 bits per heavy atom. The number of hydrogen-bond donors (Lipinski definition) is 2. The van der Waals surface area contributed by atoms with Gasteiger partial charge in [-0.2, -0.15) is 0 Å². The Balaban J connectivity index is 2.15. The van der Waals surface area contributed by atoms with Crippen molar-refractivity contribution in [1.82, 2.24) is 0 Å². The summed E-state index contributed by atoms with van der Waals surface area (Å²) >= 11 is 0. The third-order valence-electron chi connectivity index (χ3n) is 4.01. The number of phenolic OH excluding ortho intramolecular Hbond substituents is 2. The molecule has 2 aromatic carbocycles. The fraction of sp³-hybridized carbons (Fsp3) is 0.0588. The lowest BCUT2D eigenvalue weighted by Crippen LogP contribution is -2.19. The smallest absolute Gasteiger partial charge is 0.229 e. The van der Waals surface area contributed by atoms with Crippen molar-refractivity contribution in [1.29, 1.82) is 0 Å². The van der Waals surface area contributed by atoms with Crippen LogP contribution in [0.4, 0.5) is 0 Å². The Morgan fingerprint density at radius 3 is 2.32 bits per heavy atom. The van der Waals surface area contributed by atoms with E-state index < -0.39 is 0 Å². The zero-order valence-corrected chi connectivity index (χ0v) is 11.5. The summed E-state index contributed by atoms with van der Waals surface area (Å²) in [5.41, 5.74) is 1.26. The van der Waals surface area contributed by atoms with E-state index in [4.69, 9.17) is 4.42 Å². The number of carbonyl (C=O) groups is 2. The van der Waals surface area contributed by atoms with Gasteiger partial charge in [0.2, 0.25) is 5.78 Å². The zero-order chi connectivity index (χ0) is 15.6. The highest BCUT2D eigenvalue weighted by atomic mass is 16.3. The number of hydrogen-bond acceptors (Lipinski definition) is 5. The second-order valence-corrected chi connectivity index (χ2v) is 5.26. The maximum absolute atomic E-state index is 12.7. The average molecular weight is 294 g/mol. The van der Waals surface area contributed by atoms with E-state index >= 15 is 0 Å². The first-order chi connectivity index (χ1) is 10.5. The SMILES string of the molecule is Cc1c(O)c(O)cc2c3c(oc12)C(=O)c1ccccc1C3=O.